The molecule has 0 bridgehead atoms. The molecule has 0 fully saturated rings. The monoisotopic (exact) mass is 274 g/mol. The lowest BCUT2D eigenvalue weighted by atomic mass is 9.90. The van der Waals surface area contributed by atoms with Gasteiger partial charge in [-0.3, -0.25) is 9.59 Å². The second-order valence-corrected chi connectivity index (χ2v) is 5.72. The fraction of sp³-hybridized carbons (Fsp3) is 0.500. The normalized spacial score (nSPS) is 17.6. The molecule has 2 rings (SSSR count). The SMILES string of the molecule is CC(C)CCCNC(=O)C1CC(=O)Nc2ccccc21. The summed E-state index contributed by atoms with van der Waals surface area (Å²) in [7, 11) is 0. The average molecular weight is 274 g/mol. The summed E-state index contributed by atoms with van der Waals surface area (Å²) in [5.74, 6) is 0.147. The van der Waals surface area contributed by atoms with Gasteiger partial charge in [0.05, 0.1) is 5.92 Å². The summed E-state index contributed by atoms with van der Waals surface area (Å²) in [5, 5.41) is 5.76. The van der Waals surface area contributed by atoms with Crippen molar-refractivity contribution in [1.82, 2.24) is 5.32 Å². The van der Waals surface area contributed by atoms with Gasteiger partial charge in [-0.25, -0.2) is 0 Å². The van der Waals surface area contributed by atoms with Crippen molar-refractivity contribution in [2.45, 2.75) is 39.0 Å². The number of carbonyl (C=O) groups excluding carboxylic acids is 2. The molecule has 1 atom stereocenters. The van der Waals surface area contributed by atoms with E-state index in [9.17, 15) is 9.59 Å². The van der Waals surface area contributed by atoms with E-state index < -0.39 is 0 Å². The number of hydrogen-bond acceptors (Lipinski definition) is 2. The quantitative estimate of drug-likeness (QED) is 0.811. The van der Waals surface area contributed by atoms with Crippen molar-refractivity contribution in [3.63, 3.8) is 0 Å². The van der Waals surface area contributed by atoms with Crippen molar-refractivity contribution >= 4 is 17.5 Å². The van der Waals surface area contributed by atoms with Crippen LogP contribution in [0.1, 0.15) is 44.6 Å². The lowest BCUT2D eigenvalue weighted by Crippen LogP contribution is -2.35. The summed E-state index contributed by atoms with van der Waals surface area (Å²) >= 11 is 0. The van der Waals surface area contributed by atoms with Crippen LogP contribution in [0.5, 0.6) is 0 Å². The van der Waals surface area contributed by atoms with Gasteiger partial charge in [-0.2, -0.15) is 0 Å². The number of hydrogen-bond donors (Lipinski definition) is 2. The molecule has 108 valence electrons. The number of amides is 2. The molecule has 0 saturated carbocycles. The van der Waals surface area contributed by atoms with Gasteiger partial charge in [-0.05, 0) is 30.4 Å². The third-order valence-corrected chi connectivity index (χ3v) is 3.57. The van der Waals surface area contributed by atoms with Gasteiger partial charge in [-0.15, -0.1) is 0 Å². The molecule has 2 N–H and O–H groups in total. The molecule has 4 nitrogen and oxygen atoms in total. The van der Waals surface area contributed by atoms with E-state index in [1.165, 1.54) is 0 Å². The minimum Gasteiger partial charge on any atom is -0.356 e. The highest BCUT2D eigenvalue weighted by atomic mass is 16.2. The Bertz CT molecular complexity index is 497. The zero-order chi connectivity index (χ0) is 14.5. The van der Waals surface area contributed by atoms with E-state index in [2.05, 4.69) is 24.5 Å². The summed E-state index contributed by atoms with van der Waals surface area (Å²) in [6.07, 6.45) is 2.30. The van der Waals surface area contributed by atoms with Gasteiger partial charge < -0.3 is 10.6 Å². The van der Waals surface area contributed by atoms with Crippen LogP contribution in [-0.4, -0.2) is 18.4 Å². The molecule has 2 amide bonds. The van der Waals surface area contributed by atoms with E-state index in [0.29, 0.717) is 12.5 Å². The van der Waals surface area contributed by atoms with Crippen LogP contribution in [0.25, 0.3) is 0 Å². The van der Waals surface area contributed by atoms with Gasteiger partial charge in [0.15, 0.2) is 0 Å². The van der Waals surface area contributed by atoms with Crippen molar-refractivity contribution in [3.8, 4) is 0 Å². The van der Waals surface area contributed by atoms with E-state index in [-0.39, 0.29) is 24.2 Å². The van der Waals surface area contributed by atoms with Crippen LogP contribution in [0.3, 0.4) is 0 Å². The second kappa shape index (κ2) is 6.55. The minimum absolute atomic E-state index is 0.0453. The minimum atomic E-state index is -0.362. The maximum absolute atomic E-state index is 12.3. The number of benzene rings is 1. The zero-order valence-corrected chi connectivity index (χ0v) is 12.1. The lowest BCUT2D eigenvalue weighted by Gasteiger charge is -2.24. The maximum atomic E-state index is 12.3. The van der Waals surface area contributed by atoms with Gasteiger partial charge in [-0.1, -0.05) is 32.0 Å². The first kappa shape index (κ1) is 14.6. The lowest BCUT2D eigenvalue weighted by molar-refractivity contribution is -0.126. The van der Waals surface area contributed by atoms with E-state index in [1.807, 2.05) is 24.3 Å². The second-order valence-electron chi connectivity index (χ2n) is 5.72. The number of rotatable bonds is 5. The average Bonchev–Trinajstić information content (AvgIpc) is 2.42. The molecule has 0 saturated heterocycles. The fourth-order valence-corrected chi connectivity index (χ4v) is 2.49. The fourth-order valence-electron chi connectivity index (χ4n) is 2.49. The van der Waals surface area contributed by atoms with E-state index in [0.717, 1.165) is 24.1 Å². The molecule has 1 aromatic rings. The highest BCUT2D eigenvalue weighted by molar-refractivity contribution is 6.01. The van der Waals surface area contributed by atoms with E-state index in [4.69, 9.17) is 0 Å². The topological polar surface area (TPSA) is 58.2 Å². The molecule has 0 radical (unpaired) electrons. The molecule has 1 unspecified atom stereocenters. The predicted molar refractivity (Wildman–Crippen MR) is 79.5 cm³/mol. The number of anilines is 1. The smallest absolute Gasteiger partial charge is 0.228 e. The van der Waals surface area contributed by atoms with Crippen molar-refractivity contribution < 1.29 is 9.59 Å². The van der Waals surface area contributed by atoms with Crippen molar-refractivity contribution in [1.29, 1.82) is 0 Å². The van der Waals surface area contributed by atoms with E-state index in [1.54, 1.807) is 0 Å². The molecule has 0 aromatic heterocycles. The standard InChI is InChI=1S/C16H22N2O2/c1-11(2)6-5-9-17-16(20)13-10-15(19)18-14-8-4-3-7-12(13)14/h3-4,7-8,11,13H,5-6,9-10H2,1-2H3,(H,17,20)(H,18,19). The summed E-state index contributed by atoms with van der Waals surface area (Å²) in [4.78, 5) is 23.9. The Morgan fingerprint density at radius 2 is 2.15 bits per heavy atom. The van der Waals surface area contributed by atoms with Gasteiger partial charge >= 0.3 is 0 Å². The van der Waals surface area contributed by atoms with Gasteiger partial charge in [0.25, 0.3) is 0 Å². The first-order valence-electron chi connectivity index (χ1n) is 7.24. The van der Waals surface area contributed by atoms with Crippen LogP contribution in [0, 0.1) is 5.92 Å². The Kier molecular flexibility index (Phi) is 4.77. The molecule has 1 aliphatic rings. The summed E-state index contributed by atoms with van der Waals surface area (Å²) in [5.41, 5.74) is 1.67. The Balaban J connectivity index is 1.98. The molecular weight excluding hydrogens is 252 g/mol. The molecular formula is C16H22N2O2. The number of carbonyl (C=O) groups is 2. The molecule has 0 spiro atoms. The molecule has 1 aromatic carbocycles. The third-order valence-electron chi connectivity index (χ3n) is 3.57. The van der Waals surface area contributed by atoms with Crippen LogP contribution in [0.15, 0.2) is 24.3 Å². The van der Waals surface area contributed by atoms with Crippen molar-refractivity contribution in [2.75, 3.05) is 11.9 Å². The largest absolute Gasteiger partial charge is 0.356 e. The highest BCUT2D eigenvalue weighted by Gasteiger charge is 2.29. The zero-order valence-electron chi connectivity index (χ0n) is 12.1. The number of para-hydroxylation sites is 1. The van der Waals surface area contributed by atoms with Gasteiger partial charge in [0.1, 0.15) is 0 Å². The molecule has 1 aliphatic heterocycles. The first-order chi connectivity index (χ1) is 9.58. The number of nitrogens with one attached hydrogen (secondary N) is 2. The first-order valence-corrected chi connectivity index (χ1v) is 7.24. The van der Waals surface area contributed by atoms with Crippen LogP contribution < -0.4 is 10.6 Å². The predicted octanol–water partition coefficient (Wildman–Crippen LogP) is 2.66. The van der Waals surface area contributed by atoms with Gasteiger partial charge in [0, 0.05) is 18.7 Å². The van der Waals surface area contributed by atoms with E-state index >= 15 is 0 Å². The molecule has 4 heteroatoms. The summed E-state index contributed by atoms with van der Waals surface area (Å²) in [6, 6.07) is 7.51. The van der Waals surface area contributed by atoms with Crippen molar-refractivity contribution in [3.05, 3.63) is 29.8 Å². The number of fused-ring (bicyclic) bond motifs is 1. The third kappa shape index (κ3) is 3.59. The Morgan fingerprint density at radius 1 is 1.40 bits per heavy atom. The summed E-state index contributed by atoms with van der Waals surface area (Å²) in [6.45, 7) is 5.02. The molecule has 0 aliphatic carbocycles. The maximum Gasteiger partial charge on any atom is 0.228 e. The highest BCUT2D eigenvalue weighted by Crippen LogP contribution is 2.31. The molecule has 1 heterocycles. The molecule has 20 heavy (non-hydrogen) atoms. The summed E-state index contributed by atoms with van der Waals surface area (Å²) < 4.78 is 0. The van der Waals surface area contributed by atoms with Crippen LogP contribution in [0.2, 0.25) is 0 Å². The Morgan fingerprint density at radius 3 is 2.90 bits per heavy atom. The van der Waals surface area contributed by atoms with Gasteiger partial charge in [0.2, 0.25) is 11.8 Å². The van der Waals surface area contributed by atoms with Crippen LogP contribution >= 0.6 is 0 Å². The Hall–Kier alpha value is -1.84. The van der Waals surface area contributed by atoms with Crippen LogP contribution in [0.4, 0.5) is 5.69 Å². The van der Waals surface area contributed by atoms with Crippen LogP contribution in [-0.2, 0) is 9.59 Å². The Labute approximate surface area is 119 Å². The van der Waals surface area contributed by atoms with Crippen molar-refractivity contribution in [2.24, 2.45) is 5.92 Å².